The Morgan fingerprint density at radius 2 is 2.10 bits per heavy atom. The Balaban J connectivity index is 0.00000200. The number of benzene rings is 1. The molecule has 0 fully saturated rings. The molecule has 0 amide bonds. The average Bonchev–Trinajstić information content (AvgIpc) is 2.83. The Labute approximate surface area is 139 Å². The molecule has 1 aromatic carbocycles. The number of nitrogens with two attached hydrogens (primary N) is 1. The van der Waals surface area contributed by atoms with Crippen LogP contribution in [-0.4, -0.2) is 18.1 Å². The number of anilines is 1. The van der Waals surface area contributed by atoms with Crippen LogP contribution in [-0.2, 0) is 6.54 Å². The largest absolute Gasteiger partial charge is 0.497 e. The molecular formula is C13H17IN4OS. The van der Waals surface area contributed by atoms with Gasteiger partial charge in [-0.15, -0.1) is 35.3 Å². The molecule has 0 bridgehead atoms. The van der Waals surface area contributed by atoms with Crippen molar-refractivity contribution < 1.29 is 4.74 Å². The van der Waals surface area contributed by atoms with Gasteiger partial charge in [0.25, 0.3) is 0 Å². The van der Waals surface area contributed by atoms with Gasteiger partial charge in [0.15, 0.2) is 5.96 Å². The van der Waals surface area contributed by atoms with Gasteiger partial charge in [-0.05, 0) is 31.2 Å². The number of methoxy groups -OCH3 is 1. The third kappa shape index (κ3) is 4.97. The van der Waals surface area contributed by atoms with Crippen LogP contribution in [0, 0.1) is 6.92 Å². The number of hydrogen-bond acceptors (Lipinski definition) is 4. The smallest absolute Gasteiger partial charge is 0.193 e. The molecule has 0 saturated carbocycles. The zero-order chi connectivity index (χ0) is 13.7. The van der Waals surface area contributed by atoms with Crippen LogP contribution in [0.25, 0.3) is 0 Å². The van der Waals surface area contributed by atoms with Crippen molar-refractivity contribution in [3.05, 3.63) is 40.3 Å². The van der Waals surface area contributed by atoms with Crippen LogP contribution in [0.4, 0.5) is 5.69 Å². The summed E-state index contributed by atoms with van der Waals surface area (Å²) in [4.78, 5) is 9.53. The second kappa shape index (κ2) is 8.05. The second-order valence-electron chi connectivity index (χ2n) is 3.90. The lowest BCUT2D eigenvalue weighted by Gasteiger charge is -2.06. The minimum atomic E-state index is 0. The quantitative estimate of drug-likeness (QED) is 0.467. The lowest BCUT2D eigenvalue weighted by molar-refractivity contribution is 0.415. The van der Waals surface area contributed by atoms with Crippen LogP contribution in [0.3, 0.4) is 0 Å². The summed E-state index contributed by atoms with van der Waals surface area (Å²) in [5.41, 5.74) is 6.70. The van der Waals surface area contributed by atoms with Crippen LogP contribution in [0.5, 0.6) is 5.75 Å². The van der Waals surface area contributed by atoms with Crippen molar-refractivity contribution in [2.45, 2.75) is 13.5 Å². The van der Waals surface area contributed by atoms with Crippen LogP contribution >= 0.6 is 35.3 Å². The van der Waals surface area contributed by atoms with Crippen molar-refractivity contribution in [2.24, 2.45) is 10.7 Å². The molecule has 0 unspecified atom stereocenters. The van der Waals surface area contributed by atoms with E-state index in [-0.39, 0.29) is 24.0 Å². The van der Waals surface area contributed by atoms with Gasteiger partial charge < -0.3 is 15.8 Å². The highest BCUT2D eigenvalue weighted by molar-refractivity contribution is 14.0. The zero-order valence-electron chi connectivity index (χ0n) is 11.3. The van der Waals surface area contributed by atoms with Crippen LogP contribution in [0.15, 0.2) is 35.5 Å². The number of thiazole rings is 1. The molecule has 1 heterocycles. The number of aryl methyl sites for hydroxylation is 1. The SMILES string of the molecule is COc1ccc(NC(N)=NCc2cnc(C)s2)cc1.I. The number of aromatic nitrogens is 1. The van der Waals surface area contributed by atoms with E-state index in [1.165, 1.54) is 0 Å². The number of ether oxygens (including phenoxy) is 1. The van der Waals surface area contributed by atoms with Crippen LogP contribution in [0.1, 0.15) is 9.88 Å². The summed E-state index contributed by atoms with van der Waals surface area (Å²) in [5, 5.41) is 4.06. The molecule has 108 valence electrons. The number of hydrogen-bond donors (Lipinski definition) is 2. The van der Waals surface area contributed by atoms with E-state index in [1.54, 1.807) is 18.4 Å². The Morgan fingerprint density at radius 1 is 1.40 bits per heavy atom. The van der Waals surface area contributed by atoms with Gasteiger partial charge in [-0.3, -0.25) is 0 Å². The van der Waals surface area contributed by atoms with Crippen molar-refractivity contribution in [1.29, 1.82) is 0 Å². The number of nitrogens with zero attached hydrogens (tertiary/aromatic N) is 2. The Hall–Kier alpha value is -1.35. The number of rotatable bonds is 4. The fourth-order valence-corrected chi connectivity index (χ4v) is 2.22. The van der Waals surface area contributed by atoms with Crippen LogP contribution < -0.4 is 15.8 Å². The van der Waals surface area contributed by atoms with E-state index in [1.807, 2.05) is 37.4 Å². The van der Waals surface area contributed by atoms with Gasteiger partial charge in [-0.2, -0.15) is 0 Å². The summed E-state index contributed by atoms with van der Waals surface area (Å²) in [5.74, 6) is 1.19. The van der Waals surface area contributed by atoms with E-state index >= 15 is 0 Å². The molecule has 0 atom stereocenters. The molecule has 3 N–H and O–H groups in total. The number of aliphatic imine (C=N–C) groups is 1. The van der Waals surface area contributed by atoms with Gasteiger partial charge in [0.2, 0.25) is 0 Å². The second-order valence-corrected chi connectivity index (χ2v) is 5.22. The monoisotopic (exact) mass is 404 g/mol. The average molecular weight is 404 g/mol. The maximum absolute atomic E-state index is 5.82. The topological polar surface area (TPSA) is 72.5 Å². The molecule has 2 rings (SSSR count). The summed E-state index contributed by atoms with van der Waals surface area (Å²) >= 11 is 1.62. The van der Waals surface area contributed by atoms with E-state index in [0.29, 0.717) is 12.5 Å². The van der Waals surface area contributed by atoms with Crippen molar-refractivity contribution in [3.8, 4) is 5.75 Å². The van der Waals surface area contributed by atoms with Gasteiger partial charge in [0.05, 0.1) is 18.7 Å². The minimum absolute atomic E-state index is 0. The molecule has 5 nitrogen and oxygen atoms in total. The molecule has 1 aromatic heterocycles. The fourth-order valence-electron chi connectivity index (χ4n) is 1.50. The molecule has 0 radical (unpaired) electrons. The number of halogens is 1. The van der Waals surface area contributed by atoms with E-state index < -0.39 is 0 Å². The Morgan fingerprint density at radius 3 is 2.65 bits per heavy atom. The van der Waals surface area contributed by atoms with Crippen molar-refractivity contribution in [2.75, 3.05) is 12.4 Å². The standard InChI is InChI=1S/C13H16N4OS.HI/c1-9-15-7-12(19-9)8-16-13(14)17-10-3-5-11(18-2)6-4-10;/h3-7H,8H2,1-2H3,(H3,14,16,17);1H. The molecule has 2 aromatic rings. The molecule has 20 heavy (non-hydrogen) atoms. The third-order valence-electron chi connectivity index (χ3n) is 2.44. The predicted molar refractivity (Wildman–Crippen MR) is 94.2 cm³/mol. The molecule has 0 spiro atoms. The van der Waals surface area contributed by atoms with Crippen molar-refractivity contribution >= 4 is 47.0 Å². The normalized spacial score (nSPS) is 10.8. The maximum atomic E-state index is 5.82. The van der Waals surface area contributed by atoms with E-state index in [2.05, 4.69) is 15.3 Å². The van der Waals surface area contributed by atoms with E-state index in [9.17, 15) is 0 Å². The Bertz CT molecular complexity index is 568. The van der Waals surface area contributed by atoms with Crippen molar-refractivity contribution in [3.63, 3.8) is 0 Å². The molecule has 0 aliphatic carbocycles. The summed E-state index contributed by atoms with van der Waals surface area (Å²) in [7, 11) is 1.63. The minimum Gasteiger partial charge on any atom is -0.497 e. The zero-order valence-corrected chi connectivity index (χ0v) is 14.4. The van der Waals surface area contributed by atoms with Gasteiger partial charge >= 0.3 is 0 Å². The highest BCUT2D eigenvalue weighted by atomic mass is 127. The maximum Gasteiger partial charge on any atom is 0.193 e. The third-order valence-corrected chi connectivity index (χ3v) is 3.33. The molecule has 0 aliphatic rings. The highest BCUT2D eigenvalue weighted by Gasteiger charge is 1.99. The number of guanidine groups is 1. The summed E-state index contributed by atoms with van der Waals surface area (Å²) in [6, 6.07) is 7.50. The summed E-state index contributed by atoms with van der Waals surface area (Å²) < 4.78 is 5.09. The lowest BCUT2D eigenvalue weighted by Crippen LogP contribution is -2.22. The first-order valence-electron chi connectivity index (χ1n) is 5.79. The highest BCUT2D eigenvalue weighted by Crippen LogP contribution is 2.15. The van der Waals surface area contributed by atoms with Gasteiger partial charge in [-0.25, -0.2) is 9.98 Å². The van der Waals surface area contributed by atoms with E-state index in [4.69, 9.17) is 10.5 Å². The summed E-state index contributed by atoms with van der Waals surface area (Å²) in [6.07, 6.45) is 1.82. The van der Waals surface area contributed by atoms with E-state index in [0.717, 1.165) is 21.3 Å². The fraction of sp³-hybridized carbons (Fsp3) is 0.231. The predicted octanol–water partition coefficient (Wildman–Crippen LogP) is 3.00. The first kappa shape index (κ1) is 16.7. The van der Waals surface area contributed by atoms with Gasteiger partial charge in [-0.1, -0.05) is 0 Å². The van der Waals surface area contributed by atoms with Crippen LogP contribution in [0.2, 0.25) is 0 Å². The van der Waals surface area contributed by atoms with Gasteiger partial charge in [0.1, 0.15) is 5.75 Å². The molecular weight excluding hydrogens is 387 g/mol. The summed E-state index contributed by atoms with van der Waals surface area (Å²) in [6.45, 7) is 2.51. The first-order chi connectivity index (χ1) is 9.17. The first-order valence-corrected chi connectivity index (χ1v) is 6.61. The van der Waals surface area contributed by atoms with Gasteiger partial charge in [0, 0.05) is 16.8 Å². The number of nitrogens with one attached hydrogen (secondary N) is 1. The Kier molecular flexibility index (Phi) is 6.73. The lowest BCUT2D eigenvalue weighted by atomic mass is 10.3. The molecule has 0 saturated heterocycles. The van der Waals surface area contributed by atoms with Crippen molar-refractivity contribution in [1.82, 2.24) is 4.98 Å². The molecule has 0 aliphatic heterocycles. The molecule has 7 heteroatoms.